The lowest BCUT2D eigenvalue weighted by Gasteiger charge is -2.06. The highest BCUT2D eigenvalue weighted by Gasteiger charge is 2.12. The molecule has 106 valence electrons. The molecule has 0 amide bonds. The van der Waals surface area contributed by atoms with Gasteiger partial charge in [0.15, 0.2) is 0 Å². The Hall–Kier alpha value is -2.95. The van der Waals surface area contributed by atoms with Crippen molar-refractivity contribution in [3.63, 3.8) is 0 Å². The number of ether oxygens (including phenoxy) is 1. The van der Waals surface area contributed by atoms with Gasteiger partial charge in [0.25, 0.3) is 5.69 Å². The summed E-state index contributed by atoms with van der Waals surface area (Å²) in [6, 6.07) is 15.1. The van der Waals surface area contributed by atoms with Gasteiger partial charge in [-0.3, -0.25) is 10.1 Å². The standard InChI is InChI=1S/C16H13NO4/c1-21-16(18)15(13-5-3-2-4-6-13)11-12-7-9-14(10-8-12)17(19)20/h2-11H,1H3. The van der Waals surface area contributed by atoms with Crippen LogP contribution >= 0.6 is 0 Å². The van der Waals surface area contributed by atoms with E-state index >= 15 is 0 Å². The number of nitro groups is 1. The number of non-ortho nitro benzene ring substituents is 1. The summed E-state index contributed by atoms with van der Waals surface area (Å²) in [7, 11) is 1.31. The number of carbonyl (C=O) groups is 1. The monoisotopic (exact) mass is 283 g/mol. The van der Waals surface area contributed by atoms with Gasteiger partial charge in [-0.1, -0.05) is 30.3 Å². The Balaban J connectivity index is 2.41. The number of rotatable bonds is 4. The van der Waals surface area contributed by atoms with E-state index in [1.54, 1.807) is 30.3 Å². The van der Waals surface area contributed by atoms with Crippen LogP contribution in [0.1, 0.15) is 11.1 Å². The molecule has 5 heteroatoms. The summed E-state index contributed by atoms with van der Waals surface area (Å²) in [4.78, 5) is 22.1. The summed E-state index contributed by atoms with van der Waals surface area (Å²) in [5.41, 5.74) is 1.81. The van der Waals surface area contributed by atoms with Crippen LogP contribution in [0.4, 0.5) is 5.69 Å². The highest BCUT2D eigenvalue weighted by molar-refractivity contribution is 6.21. The molecule has 0 heterocycles. The minimum Gasteiger partial charge on any atom is -0.465 e. The number of benzene rings is 2. The highest BCUT2D eigenvalue weighted by atomic mass is 16.6. The third kappa shape index (κ3) is 3.54. The third-order valence-electron chi connectivity index (χ3n) is 2.91. The van der Waals surface area contributed by atoms with Gasteiger partial charge in [-0.2, -0.15) is 0 Å². The molecule has 2 rings (SSSR count). The summed E-state index contributed by atoms with van der Waals surface area (Å²) in [6.45, 7) is 0. The number of nitro benzene ring substituents is 1. The maximum Gasteiger partial charge on any atom is 0.338 e. The van der Waals surface area contributed by atoms with Crippen molar-refractivity contribution in [1.82, 2.24) is 0 Å². The van der Waals surface area contributed by atoms with Gasteiger partial charge in [0.1, 0.15) is 0 Å². The van der Waals surface area contributed by atoms with Crippen LogP contribution in [0.25, 0.3) is 11.6 Å². The van der Waals surface area contributed by atoms with Gasteiger partial charge in [-0.05, 0) is 29.3 Å². The largest absolute Gasteiger partial charge is 0.465 e. The van der Waals surface area contributed by atoms with Crippen LogP contribution in [0.5, 0.6) is 0 Å². The summed E-state index contributed by atoms with van der Waals surface area (Å²) in [6.07, 6.45) is 1.64. The van der Waals surface area contributed by atoms with E-state index in [4.69, 9.17) is 4.74 Å². The molecular weight excluding hydrogens is 270 g/mol. The van der Waals surface area contributed by atoms with Crippen LogP contribution in [0.2, 0.25) is 0 Å². The highest BCUT2D eigenvalue weighted by Crippen LogP contribution is 2.21. The SMILES string of the molecule is COC(=O)C(=Cc1ccc([N+](=O)[O-])cc1)c1ccccc1. The van der Waals surface area contributed by atoms with Crippen molar-refractivity contribution in [2.45, 2.75) is 0 Å². The number of nitrogens with zero attached hydrogens (tertiary/aromatic N) is 1. The Bertz CT molecular complexity index is 675. The van der Waals surface area contributed by atoms with E-state index in [9.17, 15) is 14.9 Å². The fourth-order valence-electron chi connectivity index (χ4n) is 1.85. The molecule has 0 saturated heterocycles. The Morgan fingerprint density at radius 3 is 2.24 bits per heavy atom. The van der Waals surface area contributed by atoms with Gasteiger partial charge in [0.2, 0.25) is 0 Å². The summed E-state index contributed by atoms with van der Waals surface area (Å²) >= 11 is 0. The Kier molecular flexibility index (Phi) is 4.46. The fourth-order valence-corrected chi connectivity index (χ4v) is 1.85. The summed E-state index contributed by atoms with van der Waals surface area (Å²) < 4.78 is 4.79. The van der Waals surface area contributed by atoms with Crippen LogP contribution < -0.4 is 0 Å². The van der Waals surface area contributed by atoms with Crippen LogP contribution in [0.3, 0.4) is 0 Å². The summed E-state index contributed by atoms with van der Waals surface area (Å²) in [5, 5.41) is 10.6. The molecule has 0 radical (unpaired) electrons. The van der Waals surface area contributed by atoms with Gasteiger partial charge in [0.05, 0.1) is 17.6 Å². The molecule has 2 aromatic rings. The molecule has 0 saturated carbocycles. The quantitative estimate of drug-likeness (QED) is 0.284. The normalized spacial score (nSPS) is 11.0. The van der Waals surface area contributed by atoms with Crippen molar-refractivity contribution in [2.24, 2.45) is 0 Å². The average molecular weight is 283 g/mol. The van der Waals surface area contributed by atoms with E-state index in [2.05, 4.69) is 0 Å². The maximum atomic E-state index is 11.9. The second-order valence-corrected chi connectivity index (χ2v) is 4.26. The maximum absolute atomic E-state index is 11.9. The predicted molar refractivity (Wildman–Crippen MR) is 79.4 cm³/mol. The van der Waals surface area contributed by atoms with Crippen LogP contribution in [0.15, 0.2) is 54.6 Å². The molecule has 21 heavy (non-hydrogen) atoms. The van der Waals surface area contributed by atoms with E-state index in [0.717, 1.165) is 5.56 Å². The van der Waals surface area contributed by atoms with Gasteiger partial charge >= 0.3 is 5.97 Å². The fraction of sp³-hybridized carbons (Fsp3) is 0.0625. The Morgan fingerprint density at radius 1 is 1.10 bits per heavy atom. The van der Waals surface area contributed by atoms with Crippen molar-refractivity contribution in [2.75, 3.05) is 7.11 Å². The zero-order valence-electron chi connectivity index (χ0n) is 11.4. The minimum absolute atomic E-state index is 0.00600. The molecular formula is C16H13NO4. The zero-order chi connectivity index (χ0) is 15.2. The smallest absolute Gasteiger partial charge is 0.338 e. The number of esters is 1. The van der Waals surface area contributed by atoms with Gasteiger partial charge in [-0.15, -0.1) is 0 Å². The van der Waals surface area contributed by atoms with E-state index in [0.29, 0.717) is 11.1 Å². The topological polar surface area (TPSA) is 69.4 Å². The lowest BCUT2D eigenvalue weighted by atomic mass is 10.0. The van der Waals surface area contributed by atoms with Crippen molar-refractivity contribution in [3.05, 3.63) is 75.8 Å². The first-order valence-electron chi connectivity index (χ1n) is 6.21. The van der Waals surface area contributed by atoms with Crippen LogP contribution in [-0.2, 0) is 9.53 Å². The third-order valence-corrected chi connectivity index (χ3v) is 2.91. The Morgan fingerprint density at radius 2 is 1.71 bits per heavy atom. The second kappa shape index (κ2) is 6.47. The van der Waals surface area contributed by atoms with Crippen molar-refractivity contribution in [1.29, 1.82) is 0 Å². The van der Waals surface area contributed by atoms with Gasteiger partial charge in [0, 0.05) is 12.1 Å². The van der Waals surface area contributed by atoms with Gasteiger partial charge < -0.3 is 4.74 Å². The molecule has 0 aliphatic carbocycles. The van der Waals surface area contributed by atoms with Crippen LogP contribution in [0, 0.1) is 10.1 Å². The molecule has 0 aliphatic rings. The van der Waals surface area contributed by atoms with Crippen molar-refractivity contribution in [3.8, 4) is 0 Å². The van der Waals surface area contributed by atoms with E-state index < -0.39 is 10.9 Å². The molecule has 0 bridgehead atoms. The zero-order valence-corrected chi connectivity index (χ0v) is 11.4. The molecule has 2 aromatic carbocycles. The molecule has 0 aliphatic heterocycles. The predicted octanol–water partition coefficient (Wildman–Crippen LogP) is 3.31. The molecule has 0 N–H and O–H groups in total. The van der Waals surface area contributed by atoms with E-state index in [1.807, 2.05) is 18.2 Å². The lowest BCUT2D eigenvalue weighted by Crippen LogP contribution is -2.03. The molecule has 0 unspecified atom stereocenters. The van der Waals surface area contributed by atoms with Crippen LogP contribution in [-0.4, -0.2) is 18.0 Å². The molecule has 0 aromatic heterocycles. The minimum atomic E-state index is -0.466. The van der Waals surface area contributed by atoms with Crippen molar-refractivity contribution < 1.29 is 14.5 Å². The first-order chi connectivity index (χ1) is 10.1. The molecule has 0 spiro atoms. The molecule has 0 fully saturated rings. The van der Waals surface area contributed by atoms with Gasteiger partial charge in [-0.25, -0.2) is 4.79 Å². The first kappa shape index (κ1) is 14.5. The Labute approximate surface area is 121 Å². The second-order valence-electron chi connectivity index (χ2n) is 4.26. The summed E-state index contributed by atoms with van der Waals surface area (Å²) in [5.74, 6) is -0.459. The van der Waals surface area contributed by atoms with E-state index in [-0.39, 0.29) is 5.69 Å². The first-order valence-corrected chi connectivity index (χ1v) is 6.21. The van der Waals surface area contributed by atoms with E-state index in [1.165, 1.54) is 19.2 Å². The number of hydrogen-bond acceptors (Lipinski definition) is 4. The molecule has 5 nitrogen and oxygen atoms in total. The molecule has 0 atom stereocenters. The number of hydrogen-bond donors (Lipinski definition) is 0. The number of methoxy groups -OCH3 is 1. The lowest BCUT2D eigenvalue weighted by molar-refractivity contribution is -0.384. The van der Waals surface area contributed by atoms with Crippen molar-refractivity contribution >= 4 is 23.3 Å². The average Bonchev–Trinajstić information content (AvgIpc) is 2.53. The number of carbonyl (C=O) groups excluding carboxylic acids is 1.